The van der Waals surface area contributed by atoms with Crippen LogP contribution in [0.3, 0.4) is 0 Å². The highest BCUT2D eigenvalue weighted by molar-refractivity contribution is 7.16. The van der Waals surface area contributed by atoms with Crippen LogP contribution in [0.5, 0.6) is 5.75 Å². The van der Waals surface area contributed by atoms with E-state index < -0.39 is 11.9 Å². The van der Waals surface area contributed by atoms with Crippen molar-refractivity contribution in [3.8, 4) is 16.9 Å². The van der Waals surface area contributed by atoms with Crippen molar-refractivity contribution in [1.29, 1.82) is 0 Å². The van der Waals surface area contributed by atoms with Gasteiger partial charge in [0, 0.05) is 52.4 Å². The number of carbonyl (C=O) groups is 2. The van der Waals surface area contributed by atoms with Crippen molar-refractivity contribution in [2.45, 2.75) is 19.5 Å². The molecule has 0 fully saturated rings. The number of halogens is 1. The second kappa shape index (κ2) is 9.49. The SMILES string of the molecule is COc1cnc(Cl)cc1-c1cc(C)ncc1C(=O)Nc1nc2c(s1)CNC2C(=O)c1cccnc1. The van der Waals surface area contributed by atoms with Gasteiger partial charge < -0.3 is 4.74 Å². The summed E-state index contributed by atoms with van der Waals surface area (Å²) in [7, 11) is 1.52. The van der Waals surface area contributed by atoms with E-state index in [0.29, 0.717) is 45.4 Å². The van der Waals surface area contributed by atoms with Gasteiger partial charge in [0.15, 0.2) is 10.9 Å². The number of aryl methyl sites for hydroxylation is 1. The fraction of sp³-hybridized carbons (Fsp3) is 0.167. The van der Waals surface area contributed by atoms with Crippen molar-refractivity contribution in [1.82, 2.24) is 25.3 Å². The van der Waals surface area contributed by atoms with E-state index in [-0.39, 0.29) is 10.9 Å². The summed E-state index contributed by atoms with van der Waals surface area (Å²) in [6.45, 7) is 2.32. The third-order valence-corrected chi connectivity index (χ3v) is 6.72. The summed E-state index contributed by atoms with van der Waals surface area (Å²) in [5.41, 5.74) is 3.39. The molecule has 4 aromatic rings. The molecule has 4 aromatic heterocycles. The Hall–Kier alpha value is -3.73. The van der Waals surface area contributed by atoms with Crippen molar-refractivity contribution in [2.24, 2.45) is 0 Å². The third-order valence-electron chi connectivity index (χ3n) is 5.53. The van der Waals surface area contributed by atoms with Crippen LogP contribution in [0.4, 0.5) is 5.13 Å². The Morgan fingerprint density at radius 3 is 2.83 bits per heavy atom. The molecule has 5 rings (SSSR count). The molecule has 0 saturated heterocycles. The molecule has 0 aromatic carbocycles. The molecule has 0 saturated carbocycles. The predicted octanol–water partition coefficient (Wildman–Crippen LogP) is 4.25. The molecule has 1 atom stereocenters. The minimum atomic E-state index is -0.587. The summed E-state index contributed by atoms with van der Waals surface area (Å²) >= 11 is 7.45. The van der Waals surface area contributed by atoms with Gasteiger partial charge in [-0.05, 0) is 31.2 Å². The van der Waals surface area contributed by atoms with Gasteiger partial charge in [0.2, 0.25) is 0 Å². The number of ketones is 1. The van der Waals surface area contributed by atoms with Gasteiger partial charge >= 0.3 is 0 Å². The molecule has 35 heavy (non-hydrogen) atoms. The van der Waals surface area contributed by atoms with E-state index in [1.165, 1.54) is 37.0 Å². The van der Waals surface area contributed by atoms with Crippen LogP contribution in [0, 0.1) is 6.92 Å². The lowest BCUT2D eigenvalue weighted by Gasteiger charge is -2.13. The molecule has 1 aliphatic rings. The average molecular weight is 507 g/mol. The molecule has 0 aliphatic carbocycles. The van der Waals surface area contributed by atoms with Crippen LogP contribution in [0.25, 0.3) is 11.1 Å². The summed E-state index contributed by atoms with van der Waals surface area (Å²) < 4.78 is 5.43. The van der Waals surface area contributed by atoms with Gasteiger partial charge in [0.25, 0.3) is 5.91 Å². The number of hydrogen-bond acceptors (Lipinski definition) is 9. The minimum absolute atomic E-state index is 0.119. The largest absolute Gasteiger partial charge is 0.494 e. The standard InChI is InChI=1S/C24H19ClN6O3S/c1-12-6-14(15-7-19(25)28-10-17(15)34-2)16(9-27-12)23(33)31-24-30-20-18(35-24)11-29-21(20)22(32)13-4-3-5-26-8-13/h3-10,21,29H,11H2,1-2H3,(H,30,31,33). The lowest BCUT2D eigenvalue weighted by Crippen LogP contribution is -2.23. The molecular weight excluding hydrogens is 488 g/mol. The van der Waals surface area contributed by atoms with Gasteiger partial charge in [0.1, 0.15) is 16.9 Å². The number of pyridine rings is 3. The molecule has 2 N–H and O–H groups in total. The number of carbonyl (C=O) groups excluding carboxylic acids is 2. The molecule has 1 amide bonds. The number of amides is 1. The maximum absolute atomic E-state index is 13.3. The van der Waals surface area contributed by atoms with E-state index in [9.17, 15) is 9.59 Å². The number of Topliss-reactive ketones (excluding diaryl/α,β-unsaturated/α-hetero) is 1. The predicted molar refractivity (Wildman–Crippen MR) is 132 cm³/mol. The van der Waals surface area contributed by atoms with Crippen LogP contribution in [-0.2, 0) is 6.54 Å². The number of nitrogens with zero attached hydrogens (tertiary/aromatic N) is 4. The molecule has 0 bridgehead atoms. The Bertz CT molecular complexity index is 1440. The topological polar surface area (TPSA) is 119 Å². The van der Waals surface area contributed by atoms with Gasteiger partial charge in [-0.15, -0.1) is 0 Å². The van der Waals surface area contributed by atoms with Crippen LogP contribution in [-0.4, -0.2) is 38.7 Å². The van der Waals surface area contributed by atoms with E-state index in [2.05, 4.69) is 30.6 Å². The fourth-order valence-electron chi connectivity index (χ4n) is 3.87. The lowest BCUT2D eigenvalue weighted by molar-refractivity contribution is 0.0946. The Labute approximate surface area is 209 Å². The number of rotatable bonds is 6. The van der Waals surface area contributed by atoms with Crippen LogP contribution in [0.2, 0.25) is 5.15 Å². The summed E-state index contributed by atoms with van der Waals surface area (Å²) in [4.78, 5) is 44.0. The number of methoxy groups -OCH3 is 1. The molecular formula is C24H19ClN6O3S. The summed E-state index contributed by atoms with van der Waals surface area (Å²) in [5.74, 6) is -0.0326. The zero-order valence-corrected chi connectivity index (χ0v) is 20.3. The van der Waals surface area contributed by atoms with E-state index >= 15 is 0 Å². The van der Waals surface area contributed by atoms with Crippen molar-refractivity contribution < 1.29 is 14.3 Å². The number of aromatic nitrogens is 4. The Morgan fingerprint density at radius 2 is 2.06 bits per heavy atom. The molecule has 1 aliphatic heterocycles. The van der Waals surface area contributed by atoms with E-state index in [1.807, 2.05) is 6.92 Å². The highest BCUT2D eigenvalue weighted by atomic mass is 35.5. The first-order valence-electron chi connectivity index (χ1n) is 10.6. The normalized spacial score (nSPS) is 14.4. The summed E-state index contributed by atoms with van der Waals surface area (Å²) in [6, 6.07) is 6.28. The van der Waals surface area contributed by atoms with Gasteiger partial charge in [-0.25, -0.2) is 9.97 Å². The number of ether oxygens (including phenoxy) is 1. The van der Waals surface area contributed by atoms with Crippen molar-refractivity contribution in [3.63, 3.8) is 0 Å². The quantitative estimate of drug-likeness (QED) is 0.294. The zero-order chi connectivity index (χ0) is 24.5. The van der Waals surface area contributed by atoms with Crippen LogP contribution in [0.1, 0.15) is 43.0 Å². The number of nitrogens with one attached hydrogen (secondary N) is 2. The maximum Gasteiger partial charge on any atom is 0.259 e. The molecule has 0 radical (unpaired) electrons. The van der Waals surface area contributed by atoms with Crippen molar-refractivity contribution >= 4 is 39.8 Å². The van der Waals surface area contributed by atoms with Gasteiger partial charge in [-0.1, -0.05) is 22.9 Å². The molecule has 9 nitrogen and oxygen atoms in total. The average Bonchev–Trinajstić information content (AvgIpc) is 3.44. The molecule has 5 heterocycles. The molecule has 11 heteroatoms. The Balaban J connectivity index is 1.44. The second-order valence-corrected chi connectivity index (χ2v) is 9.25. The Kier molecular flexibility index (Phi) is 6.25. The number of thiazole rings is 1. The molecule has 176 valence electrons. The first kappa shape index (κ1) is 23.0. The smallest absolute Gasteiger partial charge is 0.259 e. The van der Waals surface area contributed by atoms with E-state index in [4.69, 9.17) is 16.3 Å². The van der Waals surface area contributed by atoms with E-state index in [1.54, 1.807) is 30.5 Å². The summed E-state index contributed by atoms with van der Waals surface area (Å²) in [6.07, 6.45) is 6.16. The Morgan fingerprint density at radius 1 is 1.20 bits per heavy atom. The third kappa shape index (κ3) is 4.51. The van der Waals surface area contributed by atoms with Crippen molar-refractivity contribution in [3.05, 3.63) is 81.6 Å². The first-order chi connectivity index (χ1) is 16.9. The fourth-order valence-corrected chi connectivity index (χ4v) is 4.97. The lowest BCUT2D eigenvalue weighted by atomic mass is 10.0. The van der Waals surface area contributed by atoms with Gasteiger partial charge in [-0.2, -0.15) is 0 Å². The first-order valence-corrected chi connectivity index (χ1v) is 11.8. The molecule has 0 spiro atoms. The monoisotopic (exact) mass is 506 g/mol. The summed E-state index contributed by atoms with van der Waals surface area (Å²) in [5, 5.41) is 6.71. The van der Waals surface area contributed by atoms with E-state index in [0.717, 1.165) is 10.6 Å². The highest BCUT2D eigenvalue weighted by Crippen LogP contribution is 2.36. The maximum atomic E-state index is 13.3. The van der Waals surface area contributed by atoms with Crippen LogP contribution in [0.15, 0.2) is 49.1 Å². The number of fused-ring (bicyclic) bond motifs is 1. The number of hydrogen-bond donors (Lipinski definition) is 2. The van der Waals surface area contributed by atoms with Crippen LogP contribution >= 0.6 is 22.9 Å². The highest BCUT2D eigenvalue weighted by Gasteiger charge is 2.33. The number of anilines is 1. The zero-order valence-electron chi connectivity index (χ0n) is 18.7. The second-order valence-electron chi connectivity index (χ2n) is 7.78. The van der Waals surface area contributed by atoms with Gasteiger partial charge in [-0.3, -0.25) is 30.2 Å². The van der Waals surface area contributed by atoms with Crippen molar-refractivity contribution in [2.75, 3.05) is 12.4 Å². The van der Waals surface area contributed by atoms with Crippen LogP contribution < -0.4 is 15.4 Å². The molecule has 1 unspecified atom stereocenters. The minimum Gasteiger partial charge on any atom is -0.494 e. The van der Waals surface area contributed by atoms with Gasteiger partial charge in [0.05, 0.1) is 24.6 Å².